The third-order valence-corrected chi connectivity index (χ3v) is 6.80. The molecule has 2 aromatic carbocycles. The molecule has 0 bridgehead atoms. The van der Waals surface area contributed by atoms with Crippen molar-refractivity contribution in [3.8, 4) is 28.8 Å². The van der Waals surface area contributed by atoms with Crippen LogP contribution in [-0.4, -0.2) is 27.2 Å². The molecule has 0 unspecified atom stereocenters. The van der Waals surface area contributed by atoms with Gasteiger partial charge in [-0.2, -0.15) is 4.98 Å². The number of ether oxygens (including phenoxy) is 2. The van der Waals surface area contributed by atoms with Crippen LogP contribution in [0, 0.1) is 12.7 Å². The molecule has 0 saturated carbocycles. The van der Waals surface area contributed by atoms with Crippen LogP contribution in [0.1, 0.15) is 27.9 Å². The van der Waals surface area contributed by atoms with Crippen LogP contribution in [0.2, 0.25) is 0 Å². The van der Waals surface area contributed by atoms with Crippen LogP contribution < -0.4 is 9.47 Å². The van der Waals surface area contributed by atoms with Crippen LogP contribution in [0.3, 0.4) is 0 Å². The quantitative estimate of drug-likeness (QED) is 0.258. The van der Waals surface area contributed by atoms with Gasteiger partial charge in [0, 0.05) is 35.1 Å². The van der Waals surface area contributed by atoms with E-state index in [0.29, 0.717) is 45.8 Å². The minimum Gasteiger partial charge on any atom is -0.497 e. The van der Waals surface area contributed by atoms with Crippen LogP contribution in [0.15, 0.2) is 59.8 Å². The van der Waals surface area contributed by atoms with E-state index in [0.717, 1.165) is 28.1 Å². The van der Waals surface area contributed by atoms with Gasteiger partial charge < -0.3 is 14.6 Å². The zero-order valence-corrected chi connectivity index (χ0v) is 19.5. The molecule has 8 heteroatoms. The summed E-state index contributed by atoms with van der Waals surface area (Å²) in [5.41, 5.74) is 4.52. The summed E-state index contributed by atoms with van der Waals surface area (Å²) in [6.45, 7) is 1.72. The van der Waals surface area contributed by atoms with Gasteiger partial charge in [0.2, 0.25) is 5.88 Å². The number of benzene rings is 2. The first-order valence-electron chi connectivity index (χ1n) is 10.7. The summed E-state index contributed by atoms with van der Waals surface area (Å²) >= 11 is 1.44. The molecular weight excluding hydrogens is 453 g/mol. The molecular formula is C26H22FN3O3S. The zero-order valence-electron chi connectivity index (χ0n) is 18.7. The minimum absolute atomic E-state index is 0.142. The number of pyridine rings is 1. The number of aliphatic hydroxyl groups excluding tert-OH is 1. The summed E-state index contributed by atoms with van der Waals surface area (Å²) in [6.07, 6.45) is 2.16. The third kappa shape index (κ3) is 4.22. The first-order valence-corrected chi connectivity index (χ1v) is 11.7. The molecule has 0 saturated heterocycles. The summed E-state index contributed by atoms with van der Waals surface area (Å²) < 4.78 is 25.8. The number of hydrogen-bond acceptors (Lipinski definition) is 7. The number of aryl methyl sites for hydroxylation is 1. The number of aromatic nitrogens is 3. The topological polar surface area (TPSA) is 77.4 Å². The predicted octanol–water partition coefficient (Wildman–Crippen LogP) is 5.48. The molecule has 5 rings (SSSR count). The number of aliphatic hydroxyl groups is 1. The highest BCUT2D eigenvalue weighted by molar-refractivity contribution is 7.98. The van der Waals surface area contributed by atoms with Gasteiger partial charge >= 0.3 is 0 Å². The van der Waals surface area contributed by atoms with Crippen molar-refractivity contribution in [1.29, 1.82) is 0 Å². The summed E-state index contributed by atoms with van der Waals surface area (Å²) in [6, 6.07) is 14.2. The standard InChI is InChI=1S/C26H22FN3O3S/c1-15-23-20(18(13-31)12-28-15)11-21-25(33-23)29-24(16-7-9-19(32-2)10-8-16)30-26(21)34-14-17-5-3-4-6-22(17)27/h3-10,12,31H,11,13-14H2,1-2H3. The van der Waals surface area contributed by atoms with E-state index in [1.54, 1.807) is 25.4 Å². The van der Waals surface area contributed by atoms with Gasteiger partial charge in [-0.15, -0.1) is 11.8 Å². The van der Waals surface area contributed by atoms with Crippen molar-refractivity contribution >= 4 is 11.8 Å². The number of hydrogen-bond donors (Lipinski definition) is 1. The molecule has 1 aliphatic heterocycles. The molecule has 6 nitrogen and oxygen atoms in total. The van der Waals surface area contributed by atoms with E-state index in [4.69, 9.17) is 19.4 Å². The summed E-state index contributed by atoms with van der Waals surface area (Å²) in [5, 5.41) is 10.5. The molecule has 4 aromatic rings. The van der Waals surface area contributed by atoms with E-state index in [2.05, 4.69) is 4.98 Å². The third-order valence-electron chi connectivity index (χ3n) is 5.73. The van der Waals surface area contributed by atoms with E-state index < -0.39 is 0 Å². The largest absolute Gasteiger partial charge is 0.497 e. The molecule has 0 fully saturated rings. The molecule has 3 heterocycles. The Bertz CT molecular complexity index is 1360. The zero-order chi connectivity index (χ0) is 23.7. The highest BCUT2D eigenvalue weighted by Gasteiger charge is 2.28. The van der Waals surface area contributed by atoms with Gasteiger partial charge in [-0.25, -0.2) is 9.37 Å². The second-order valence-electron chi connectivity index (χ2n) is 7.86. The highest BCUT2D eigenvalue weighted by Crippen LogP contribution is 2.43. The molecule has 34 heavy (non-hydrogen) atoms. The van der Waals surface area contributed by atoms with Crippen LogP contribution in [0.25, 0.3) is 11.4 Å². The SMILES string of the molecule is COc1ccc(-c2nc3c(c(SCc4ccccc4F)n2)Cc2c(CO)cnc(C)c2O3)cc1. The summed E-state index contributed by atoms with van der Waals surface area (Å²) in [5.74, 6) is 2.46. The lowest BCUT2D eigenvalue weighted by molar-refractivity contribution is 0.278. The first kappa shape index (κ1) is 22.3. The number of halogens is 1. The van der Waals surface area contributed by atoms with Gasteiger partial charge in [-0.3, -0.25) is 4.98 Å². The smallest absolute Gasteiger partial charge is 0.227 e. The van der Waals surface area contributed by atoms with Crippen molar-refractivity contribution < 1.29 is 19.0 Å². The van der Waals surface area contributed by atoms with Gasteiger partial charge in [0.05, 0.1) is 25.0 Å². The Balaban J connectivity index is 1.59. The molecule has 0 radical (unpaired) electrons. The molecule has 0 atom stereocenters. The highest BCUT2D eigenvalue weighted by atomic mass is 32.2. The van der Waals surface area contributed by atoms with Gasteiger partial charge in [-0.1, -0.05) is 18.2 Å². The Labute approximate surface area is 200 Å². The molecule has 172 valence electrons. The van der Waals surface area contributed by atoms with Crippen molar-refractivity contribution in [2.24, 2.45) is 0 Å². The first-order chi connectivity index (χ1) is 16.6. The number of rotatable bonds is 6. The number of fused-ring (bicyclic) bond motifs is 2. The number of nitrogens with zero attached hydrogens (tertiary/aromatic N) is 3. The van der Waals surface area contributed by atoms with Crippen molar-refractivity contribution in [1.82, 2.24) is 15.0 Å². The van der Waals surface area contributed by atoms with E-state index in [1.807, 2.05) is 37.3 Å². The predicted molar refractivity (Wildman–Crippen MR) is 128 cm³/mol. The summed E-state index contributed by atoms with van der Waals surface area (Å²) in [4.78, 5) is 13.9. The number of thioether (sulfide) groups is 1. The van der Waals surface area contributed by atoms with Crippen LogP contribution in [-0.2, 0) is 18.8 Å². The lowest BCUT2D eigenvalue weighted by atomic mass is 9.99. The average molecular weight is 476 g/mol. The second kappa shape index (κ2) is 9.40. The van der Waals surface area contributed by atoms with Crippen molar-refractivity contribution in [3.05, 3.63) is 88.5 Å². The molecule has 1 aliphatic rings. The second-order valence-corrected chi connectivity index (χ2v) is 8.82. The lowest BCUT2D eigenvalue weighted by Gasteiger charge is -2.24. The molecule has 0 aliphatic carbocycles. The maximum Gasteiger partial charge on any atom is 0.227 e. The molecule has 1 N–H and O–H groups in total. The number of methoxy groups -OCH3 is 1. The Kier molecular flexibility index (Phi) is 6.17. The molecule has 0 amide bonds. The van der Waals surface area contributed by atoms with Gasteiger partial charge in [0.1, 0.15) is 16.6 Å². The fraction of sp³-hybridized carbons (Fsp3) is 0.192. The fourth-order valence-electron chi connectivity index (χ4n) is 3.84. The van der Waals surface area contributed by atoms with Crippen molar-refractivity contribution in [2.75, 3.05) is 7.11 Å². The van der Waals surface area contributed by atoms with Gasteiger partial charge in [-0.05, 0) is 42.8 Å². The Morgan fingerprint density at radius 1 is 1.06 bits per heavy atom. The Morgan fingerprint density at radius 3 is 2.59 bits per heavy atom. The maximum atomic E-state index is 14.3. The van der Waals surface area contributed by atoms with Crippen molar-refractivity contribution in [3.63, 3.8) is 0 Å². The average Bonchev–Trinajstić information content (AvgIpc) is 2.87. The van der Waals surface area contributed by atoms with Crippen LogP contribution in [0.4, 0.5) is 4.39 Å². The maximum absolute atomic E-state index is 14.3. The lowest BCUT2D eigenvalue weighted by Crippen LogP contribution is -2.13. The monoisotopic (exact) mass is 475 g/mol. The van der Waals surface area contributed by atoms with Crippen LogP contribution in [0.5, 0.6) is 17.4 Å². The summed E-state index contributed by atoms with van der Waals surface area (Å²) in [7, 11) is 1.62. The van der Waals surface area contributed by atoms with E-state index >= 15 is 0 Å². The normalized spacial score (nSPS) is 12.0. The molecule has 2 aromatic heterocycles. The Hall–Kier alpha value is -3.49. The fourth-order valence-corrected chi connectivity index (χ4v) is 4.86. The Morgan fingerprint density at radius 2 is 1.85 bits per heavy atom. The van der Waals surface area contributed by atoms with Crippen molar-refractivity contribution in [2.45, 2.75) is 30.7 Å². The minimum atomic E-state index is -0.251. The van der Waals surface area contributed by atoms with E-state index in [1.165, 1.54) is 17.8 Å². The van der Waals surface area contributed by atoms with E-state index in [-0.39, 0.29) is 12.4 Å². The van der Waals surface area contributed by atoms with Gasteiger partial charge in [0.15, 0.2) is 11.6 Å². The van der Waals surface area contributed by atoms with Gasteiger partial charge in [0.25, 0.3) is 0 Å². The van der Waals surface area contributed by atoms with E-state index in [9.17, 15) is 9.50 Å². The van der Waals surface area contributed by atoms with Crippen LogP contribution >= 0.6 is 11.8 Å². The molecule has 0 spiro atoms.